The normalized spacial score (nSPS) is 14.1. The van der Waals surface area contributed by atoms with Crippen LogP contribution in [0.15, 0.2) is 0 Å². The second-order valence-corrected chi connectivity index (χ2v) is 6.87. The van der Waals surface area contributed by atoms with Crippen LogP contribution in [0.25, 0.3) is 0 Å². The van der Waals surface area contributed by atoms with Gasteiger partial charge in [-0.15, -0.1) is 0 Å². The lowest BCUT2D eigenvalue weighted by molar-refractivity contribution is -0.142. The standard InChI is InChI=1S/C17H33N5O5/c1-10(2)8-13(17(26)27)22-16(25)12(6-4-5-7-18)21-15(24)11(3)20-14(23)9-19/h10-13H,4-9,18-19H2,1-3H3,(H,20,23)(H,21,24)(H,22,25)(H,26,27). The topological polar surface area (TPSA) is 177 Å². The average molecular weight is 387 g/mol. The number of hydrogen-bond donors (Lipinski definition) is 6. The average Bonchev–Trinajstić information content (AvgIpc) is 2.59. The molecule has 0 aromatic heterocycles. The lowest BCUT2D eigenvalue weighted by Gasteiger charge is -2.24. The van der Waals surface area contributed by atoms with E-state index in [0.29, 0.717) is 25.8 Å². The molecule has 0 aliphatic rings. The van der Waals surface area contributed by atoms with Gasteiger partial charge in [-0.25, -0.2) is 4.79 Å². The minimum atomic E-state index is -1.13. The van der Waals surface area contributed by atoms with E-state index in [1.807, 2.05) is 13.8 Å². The summed E-state index contributed by atoms with van der Waals surface area (Å²) < 4.78 is 0. The van der Waals surface area contributed by atoms with Gasteiger partial charge in [0.1, 0.15) is 18.1 Å². The second kappa shape index (κ2) is 13.0. The van der Waals surface area contributed by atoms with Crippen LogP contribution >= 0.6 is 0 Å². The van der Waals surface area contributed by atoms with Gasteiger partial charge in [0, 0.05) is 0 Å². The third kappa shape index (κ3) is 10.5. The van der Waals surface area contributed by atoms with Crippen LogP contribution in [0, 0.1) is 5.92 Å². The number of aliphatic carboxylic acids is 1. The van der Waals surface area contributed by atoms with Crippen molar-refractivity contribution in [3.63, 3.8) is 0 Å². The Labute approximate surface area is 159 Å². The number of carbonyl (C=O) groups excluding carboxylic acids is 3. The van der Waals surface area contributed by atoms with E-state index in [4.69, 9.17) is 11.5 Å². The molecule has 0 spiro atoms. The lowest BCUT2D eigenvalue weighted by Crippen LogP contribution is -2.55. The SMILES string of the molecule is CC(C)CC(NC(=O)C(CCCCN)NC(=O)C(C)NC(=O)CN)C(=O)O. The summed E-state index contributed by atoms with van der Waals surface area (Å²) >= 11 is 0. The molecule has 0 aliphatic carbocycles. The Morgan fingerprint density at radius 3 is 1.96 bits per heavy atom. The maximum absolute atomic E-state index is 12.5. The summed E-state index contributed by atoms with van der Waals surface area (Å²) in [4.78, 5) is 47.5. The van der Waals surface area contributed by atoms with Crippen molar-refractivity contribution in [2.75, 3.05) is 13.1 Å². The molecular weight excluding hydrogens is 354 g/mol. The Hall–Kier alpha value is -2.20. The summed E-state index contributed by atoms with van der Waals surface area (Å²) in [5, 5.41) is 16.7. The number of unbranched alkanes of at least 4 members (excludes halogenated alkanes) is 1. The molecule has 0 radical (unpaired) electrons. The van der Waals surface area contributed by atoms with E-state index in [1.54, 1.807) is 0 Å². The number of carbonyl (C=O) groups is 4. The number of carboxylic acids is 1. The first kappa shape index (κ1) is 24.8. The molecule has 156 valence electrons. The highest BCUT2D eigenvalue weighted by atomic mass is 16.4. The van der Waals surface area contributed by atoms with Crippen LogP contribution in [0.1, 0.15) is 46.5 Å². The minimum absolute atomic E-state index is 0.0724. The van der Waals surface area contributed by atoms with E-state index >= 15 is 0 Å². The zero-order valence-corrected chi connectivity index (χ0v) is 16.3. The number of rotatable bonds is 13. The van der Waals surface area contributed by atoms with E-state index < -0.39 is 41.8 Å². The summed E-state index contributed by atoms with van der Waals surface area (Å²) in [5.41, 5.74) is 10.7. The Morgan fingerprint density at radius 2 is 1.48 bits per heavy atom. The van der Waals surface area contributed by atoms with Gasteiger partial charge in [-0.05, 0) is 45.1 Å². The molecule has 8 N–H and O–H groups in total. The van der Waals surface area contributed by atoms with E-state index in [0.717, 1.165) is 0 Å². The highest BCUT2D eigenvalue weighted by molar-refractivity contribution is 5.93. The monoisotopic (exact) mass is 387 g/mol. The highest BCUT2D eigenvalue weighted by Crippen LogP contribution is 2.07. The number of amides is 3. The van der Waals surface area contributed by atoms with Crippen molar-refractivity contribution in [3.8, 4) is 0 Å². The molecule has 0 rings (SSSR count). The van der Waals surface area contributed by atoms with Gasteiger partial charge in [-0.2, -0.15) is 0 Å². The molecule has 0 aromatic carbocycles. The van der Waals surface area contributed by atoms with Crippen molar-refractivity contribution in [1.29, 1.82) is 0 Å². The predicted octanol–water partition coefficient (Wildman–Crippen LogP) is -1.32. The number of nitrogens with one attached hydrogen (secondary N) is 3. The van der Waals surface area contributed by atoms with Gasteiger partial charge < -0.3 is 32.5 Å². The zero-order valence-electron chi connectivity index (χ0n) is 16.3. The summed E-state index contributed by atoms with van der Waals surface area (Å²) in [5.74, 6) is -2.69. The van der Waals surface area contributed by atoms with Crippen molar-refractivity contribution in [2.24, 2.45) is 17.4 Å². The highest BCUT2D eigenvalue weighted by Gasteiger charge is 2.28. The maximum atomic E-state index is 12.5. The van der Waals surface area contributed by atoms with Gasteiger partial charge in [0.25, 0.3) is 0 Å². The molecule has 0 bridgehead atoms. The third-order valence-electron chi connectivity index (χ3n) is 3.86. The van der Waals surface area contributed by atoms with Gasteiger partial charge in [-0.1, -0.05) is 13.8 Å². The lowest BCUT2D eigenvalue weighted by atomic mass is 10.0. The van der Waals surface area contributed by atoms with Gasteiger partial charge in [0.2, 0.25) is 17.7 Å². The Morgan fingerprint density at radius 1 is 0.889 bits per heavy atom. The summed E-state index contributed by atoms with van der Waals surface area (Å²) in [7, 11) is 0. The van der Waals surface area contributed by atoms with Crippen LogP contribution in [-0.4, -0.2) is 60.0 Å². The van der Waals surface area contributed by atoms with Crippen LogP contribution < -0.4 is 27.4 Å². The number of nitrogens with two attached hydrogens (primary N) is 2. The van der Waals surface area contributed by atoms with E-state index in [1.165, 1.54) is 6.92 Å². The Kier molecular flexibility index (Phi) is 12.0. The van der Waals surface area contributed by atoms with Crippen LogP contribution in [0.5, 0.6) is 0 Å². The van der Waals surface area contributed by atoms with Crippen LogP contribution in [0.4, 0.5) is 0 Å². The number of hydrogen-bond acceptors (Lipinski definition) is 6. The summed E-state index contributed by atoms with van der Waals surface area (Å²) in [6, 6.07) is -2.84. The van der Waals surface area contributed by atoms with E-state index in [2.05, 4.69) is 16.0 Å². The molecule has 0 aromatic rings. The quantitative estimate of drug-likeness (QED) is 0.212. The first-order valence-electron chi connectivity index (χ1n) is 9.15. The van der Waals surface area contributed by atoms with Crippen LogP contribution in [0.2, 0.25) is 0 Å². The molecule has 0 saturated carbocycles. The van der Waals surface area contributed by atoms with Crippen molar-refractivity contribution >= 4 is 23.7 Å². The molecule has 0 saturated heterocycles. The summed E-state index contributed by atoms with van der Waals surface area (Å²) in [6.07, 6.45) is 1.82. The molecule has 3 amide bonds. The molecule has 0 heterocycles. The zero-order chi connectivity index (χ0) is 21.0. The van der Waals surface area contributed by atoms with Crippen molar-refractivity contribution in [2.45, 2.75) is 64.6 Å². The van der Waals surface area contributed by atoms with Crippen molar-refractivity contribution in [1.82, 2.24) is 16.0 Å². The van der Waals surface area contributed by atoms with E-state index in [-0.39, 0.29) is 18.9 Å². The van der Waals surface area contributed by atoms with Gasteiger partial charge in [0.05, 0.1) is 6.54 Å². The summed E-state index contributed by atoms with van der Waals surface area (Å²) in [6.45, 7) is 5.36. The second-order valence-electron chi connectivity index (χ2n) is 6.87. The van der Waals surface area contributed by atoms with Crippen molar-refractivity contribution < 1.29 is 24.3 Å². The first-order valence-corrected chi connectivity index (χ1v) is 9.15. The molecule has 0 aliphatic heterocycles. The fourth-order valence-electron chi connectivity index (χ4n) is 2.39. The molecule has 10 heteroatoms. The largest absolute Gasteiger partial charge is 0.480 e. The van der Waals surface area contributed by atoms with Gasteiger partial charge in [0.15, 0.2) is 0 Å². The van der Waals surface area contributed by atoms with Crippen molar-refractivity contribution in [3.05, 3.63) is 0 Å². The Balaban J connectivity index is 5.04. The van der Waals surface area contributed by atoms with Crippen LogP contribution in [-0.2, 0) is 19.2 Å². The molecular formula is C17H33N5O5. The number of carboxylic acid groups (broad SMARTS) is 1. The molecule has 27 heavy (non-hydrogen) atoms. The minimum Gasteiger partial charge on any atom is -0.480 e. The first-order chi connectivity index (χ1) is 12.6. The Bertz CT molecular complexity index is 512. The molecule has 3 atom stereocenters. The molecule has 0 fully saturated rings. The predicted molar refractivity (Wildman–Crippen MR) is 101 cm³/mol. The van der Waals surface area contributed by atoms with E-state index in [9.17, 15) is 24.3 Å². The third-order valence-corrected chi connectivity index (χ3v) is 3.86. The fourth-order valence-corrected chi connectivity index (χ4v) is 2.39. The maximum Gasteiger partial charge on any atom is 0.326 e. The van der Waals surface area contributed by atoms with Gasteiger partial charge in [-0.3, -0.25) is 14.4 Å². The van der Waals surface area contributed by atoms with Crippen LogP contribution in [0.3, 0.4) is 0 Å². The van der Waals surface area contributed by atoms with Gasteiger partial charge >= 0.3 is 5.97 Å². The molecule has 10 nitrogen and oxygen atoms in total. The molecule has 3 unspecified atom stereocenters. The fraction of sp³-hybridized carbons (Fsp3) is 0.765. The smallest absolute Gasteiger partial charge is 0.326 e.